The number of pyridine rings is 1. The third-order valence-corrected chi connectivity index (χ3v) is 4.69. The molecule has 0 spiro atoms. The van der Waals surface area contributed by atoms with Gasteiger partial charge in [-0.3, -0.25) is 9.36 Å². The molecule has 0 aliphatic rings. The third-order valence-electron chi connectivity index (χ3n) is 3.93. The van der Waals surface area contributed by atoms with E-state index in [-0.39, 0.29) is 16.9 Å². The van der Waals surface area contributed by atoms with Gasteiger partial charge in [-0.2, -0.15) is 0 Å². The van der Waals surface area contributed by atoms with E-state index in [1.807, 2.05) is 66.0 Å². The van der Waals surface area contributed by atoms with Crippen LogP contribution in [-0.2, 0) is 0 Å². The van der Waals surface area contributed by atoms with Crippen molar-refractivity contribution in [1.29, 1.82) is 0 Å². The number of thiazole rings is 1. The van der Waals surface area contributed by atoms with Crippen LogP contribution < -0.4 is 5.56 Å². The summed E-state index contributed by atoms with van der Waals surface area (Å²) in [5.41, 5.74) is 2.10. The van der Waals surface area contributed by atoms with Crippen molar-refractivity contribution < 1.29 is 5.11 Å². The molecule has 0 aliphatic heterocycles. The minimum absolute atomic E-state index is 0.0390. The highest BCUT2D eigenvalue weighted by Crippen LogP contribution is 2.32. The van der Waals surface area contributed by atoms with Crippen molar-refractivity contribution in [3.63, 3.8) is 0 Å². The van der Waals surface area contributed by atoms with Crippen LogP contribution in [0.25, 0.3) is 27.5 Å². The molecule has 2 aromatic heterocycles. The molecule has 0 atom stereocenters. The van der Waals surface area contributed by atoms with Gasteiger partial charge >= 0.3 is 0 Å². The molecule has 0 bridgehead atoms. The second-order valence-corrected chi connectivity index (χ2v) is 6.35. The molecule has 4 rings (SSSR count). The summed E-state index contributed by atoms with van der Waals surface area (Å²) in [6, 6.07) is 20.3. The SMILES string of the molecule is O=c1c(-c2ccccc2)c(O)cc(-c2ccccc2)n1-c1nccs1. The van der Waals surface area contributed by atoms with Gasteiger partial charge in [0.25, 0.3) is 5.56 Å². The van der Waals surface area contributed by atoms with Crippen molar-refractivity contribution in [3.05, 3.63) is 88.7 Å². The van der Waals surface area contributed by atoms with E-state index in [2.05, 4.69) is 4.98 Å². The third kappa shape index (κ3) is 2.75. The van der Waals surface area contributed by atoms with E-state index in [0.29, 0.717) is 16.4 Å². The molecule has 122 valence electrons. The zero-order valence-electron chi connectivity index (χ0n) is 13.2. The Hall–Kier alpha value is -3.18. The van der Waals surface area contributed by atoms with Crippen LogP contribution in [0.3, 0.4) is 0 Å². The fourth-order valence-electron chi connectivity index (χ4n) is 2.81. The standard InChI is InChI=1S/C20H14N2O2S/c23-17-13-16(14-7-3-1-4-8-14)22(20-21-11-12-25-20)19(24)18(17)15-9-5-2-6-10-15/h1-13,23H. The minimum Gasteiger partial charge on any atom is -0.507 e. The lowest BCUT2D eigenvalue weighted by atomic mass is 10.0. The Morgan fingerprint density at radius 3 is 2.16 bits per heavy atom. The summed E-state index contributed by atoms with van der Waals surface area (Å²) in [5.74, 6) is -0.0390. The number of aromatic hydroxyl groups is 1. The Bertz CT molecular complexity index is 1060. The Labute approximate surface area is 148 Å². The highest BCUT2D eigenvalue weighted by Gasteiger charge is 2.19. The van der Waals surface area contributed by atoms with Crippen molar-refractivity contribution in [3.8, 4) is 33.3 Å². The van der Waals surface area contributed by atoms with Crippen molar-refractivity contribution in [1.82, 2.24) is 9.55 Å². The molecule has 5 heteroatoms. The van der Waals surface area contributed by atoms with Gasteiger partial charge in [0.2, 0.25) is 0 Å². The lowest BCUT2D eigenvalue weighted by Gasteiger charge is -2.14. The summed E-state index contributed by atoms with van der Waals surface area (Å²) in [4.78, 5) is 17.6. The predicted molar refractivity (Wildman–Crippen MR) is 100 cm³/mol. The Balaban J connectivity index is 2.07. The topological polar surface area (TPSA) is 55.1 Å². The highest BCUT2D eigenvalue weighted by atomic mass is 32.1. The van der Waals surface area contributed by atoms with Crippen LogP contribution in [0.2, 0.25) is 0 Å². The van der Waals surface area contributed by atoms with Gasteiger partial charge in [0.15, 0.2) is 5.13 Å². The average Bonchev–Trinajstić information content (AvgIpc) is 3.17. The first-order chi connectivity index (χ1) is 12.3. The second kappa shape index (κ2) is 6.37. The molecule has 0 unspecified atom stereocenters. The largest absolute Gasteiger partial charge is 0.507 e. The van der Waals surface area contributed by atoms with Gasteiger partial charge in [0.05, 0.1) is 11.3 Å². The lowest BCUT2D eigenvalue weighted by molar-refractivity contribution is 0.475. The number of rotatable bonds is 3. The molecule has 1 N–H and O–H groups in total. The quantitative estimate of drug-likeness (QED) is 0.600. The average molecular weight is 346 g/mol. The first-order valence-electron chi connectivity index (χ1n) is 7.75. The van der Waals surface area contributed by atoms with E-state index in [1.165, 1.54) is 11.3 Å². The highest BCUT2D eigenvalue weighted by molar-refractivity contribution is 7.12. The zero-order chi connectivity index (χ0) is 17.2. The second-order valence-electron chi connectivity index (χ2n) is 5.48. The predicted octanol–water partition coefficient (Wildman–Crippen LogP) is 4.33. The van der Waals surface area contributed by atoms with Gasteiger partial charge in [-0.15, -0.1) is 11.3 Å². The molecular formula is C20H14N2O2S. The molecule has 25 heavy (non-hydrogen) atoms. The number of hydrogen-bond donors (Lipinski definition) is 1. The van der Waals surface area contributed by atoms with E-state index in [0.717, 1.165) is 5.56 Å². The maximum absolute atomic E-state index is 13.3. The van der Waals surface area contributed by atoms with Crippen molar-refractivity contribution in [2.24, 2.45) is 0 Å². The first-order valence-corrected chi connectivity index (χ1v) is 8.63. The van der Waals surface area contributed by atoms with E-state index in [9.17, 15) is 9.90 Å². The van der Waals surface area contributed by atoms with Crippen LogP contribution in [0.15, 0.2) is 83.1 Å². The normalized spacial score (nSPS) is 10.7. The van der Waals surface area contributed by atoms with E-state index in [4.69, 9.17) is 0 Å². The van der Waals surface area contributed by atoms with Gasteiger partial charge < -0.3 is 5.11 Å². The van der Waals surface area contributed by atoms with Gasteiger partial charge in [0, 0.05) is 17.6 Å². The summed E-state index contributed by atoms with van der Waals surface area (Å²) in [5, 5.41) is 13.0. The summed E-state index contributed by atoms with van der Waals surface area (Å²) in [6.07, 6.45) is 1.66. The molecule has 0 amide bonds. The Kier molecular flexibility index (Phi) is 3.91. The van der Waals surface area contributed by atoms with Gasteiger partial charge in [-0.25, -0.2) is 4.98 Å². The Morgan fingerprint density at radius 1 is 0.920 bits per heavy atom. The zero-order valence-corrected chi connectivity index (χ0v) is 14.0. The van der Waals surface area contributed by atoms with Crippen LogP contribution in [0.5, 0.6) is 5.75 Å². The molecular weight excluding hydrogens is 332 g/mol. The smallest absolute Gasteiger partial charge is 0.269 e. The molecule has 0 fully saturated rings. The fraction of sp³-hybridized carbons (Fsp3) is 0. The van der Waals surface area contributed by atoms with Gasteiger partial charge in [-0.1, -0.05) is 60.7 Å². The lowest BCUT2D eigenvalue weighted by Crippen LogP contribution is -2.21. The van der Waals surface area contributed by atoms with Crippen LogP contribution in [0.4, 0.5) is 0 Å². The van der Waals surface area contributed by atoms with Crippen molar-refractivity contribution in [2.75, 3.05) is 0 Å². The number of hydrogen-bond acceptors (Lipinski definition) is 4. The van der Waals surface area contributed by atoms with Crippen LogP contribution in [-0.4, -0.2) is 14.7 Å². The number of aromatic nitrogens is 2. The summed E-state index contributed by atoms with van der Waals surface area (Å²) in [7, 11) is 0. The molecule has 0 saturated heterocycles. The molecule has 2 heterocycles. The van der Waals surface area contributed by atoms with Crippen molar-refractivity contribution >= 4 is 11.3 Å². The Morgan fingerprint density at radius 2 is 1.56 bits per heavy atom. The van der Waals surface area contributed by atoms with Crippen LogP contribution >= 0.6 is 11.3 Å². The first kappa shape index (κ1) is 15.4. The number of benzene rings is 2. The monoisotopic (exact) mass is 346 g/mol. The molecule has 4 nitrogen and oxygen atoms in total. The number of nitrogens with zero attached hydrogens (tertiary/aromatic N) is 2. The molecule has 2 aromatic carbocycles. The van der Waals surface area contributed by atoms with Crippen LogP contribution in [0.1, 0.15) is 0 Å². The molecule has 0 aliphatic carbocycles. The molecule has 0 saturated carbocycles. The molecule has 4 aromatic rings. The van der Waals surface area contributed by atoms with Gasteiger partial charge in [0.1, 0.15) is 5.75 Å². The molecule has 0 radical (unpaired) electrons. The van der Waals surface area contributed by atoms with E-state index < -0.39 is 0 Å². The summed E-state index contributed by atoms with van der Waals surface area (Å²) >= 11 is 1.38. The maximum Gasteiger partial charge on any atom is 0.269 e. The van der Waals surface area contributed by atoms with Crippen molar-refractivity contribution in [2.45, 2.75) is 0 Å². The van der Waals surface area contributed by atoms with Crippen LogP contribution in [0, 0.1) is 0 Å². The minimum atomic E-state index is -0.292. The maximum atomic E-state index is 13.3. The fourth-order valence-corrected chi connectivity index (χ4v) is 3.46. The summed E-state index contributed by atoms with van der Waals surface area (Å²) in [6.45, 7) is 0. The van der Waals surface area contributed by atoms with Gasteiger partial charge in [-0.05, 0) is 11.1 Å². The van der Waals surface area contributed by atoms with E-state index in [1.54, 1.807) is 16.8 Å². The van der Waals surface area contributed by atoms with E-state index >= 15 is 0 Å². The summed E-state index contributed by atoms with van der Waals surface area (Å²) < 4.78 is 1.56.